The number of nitrogens with one attached hydrogen (secondary N) is 1. The second kappa shape index (κ2) is 9.30. The lowest BCUT2D eigenvalue weighted by atomic mass is 9.78. The predicted molar refractivity (Wildman–Crippen MR) is 109 cm³/mol. The number of alkyl halides is 6. The van der Waals surface area contributed by atoms with Gasteiger partial charge in [0.05, 0.1) is 18.3 Å². The predicted octanol–water partition coefficient (Wildman–Crippen LogP) is 4.55. The second-order valence-electron chi connectivity index (χ2n) is 8.43. The number of halogens is 6. The van der Waals surface area contributed by atoms with Gasteiger partial charge in [0.2, 0.25) is 0 Å². The molecule has 1 amide bonds. The van der Waals surface area contributed by atoms with Crippen LogP contribution in [0.2, 0.25) is 0 Å². The van der Waals surface area contributed by atoms with Gasteiger partial charge in [0, 0.05) is 5.41 Å². The molecule has 3 rings (SSSR count). The third-order valence-electron chi connectivity index (χ3n) is 6.10. The van der Waals surface area contributed by atoms with Crippen LogP contribution in [0.5, 0.6) is 5.75 Å². The zero-order valence-corrected chi connectivity index (χ0v) is 18.1. The minimum absolute atomic E-state index is 0.0844. The number of amides is 1. The van der Waals surface area contributed by atoms with Gasteiger partial charge in [0.25, 0.3) is 11.3 Å². The van der Waals surface area contributed by atoms with E-state index in [0.717, 1.165) is 23.0 Å². The molecule has 1 unspecified atom stereocenters. The van der Waals surface area contributed by atoms with Crippen molar-refractivity contribution in [1.29, 1.82) is 0 Å². The van der Waals surface area contributed by atoms with Crippen LogP contribution in [0.1, 0.15) is 60.6 Å². The minimum atomic E-state index is -4.75. The first-order valence-electron chi connectivity index (χ1n) is 10.6. The van der Waals surface area contributed by atoms with Gasteiger partial charge in [-0.05, 0) is 30.9 Å². The van der Waals surface area contributed by atoms with Crippen LogP contribution in [0.25, 0.3) is 0 Å². The van der Waals surface area contributed by atoms with E-state index in [2.05, 4.69) is 5.10 Å². The van der Waals surface area contributed by atoms with Gasteiger partial charge < -0.3 is 10.4 Å². The van der Waals surface area contributed by atoms with Crippen LogP contribution in [-0.4, -0.2) is 33.0 Å². The molecule has 1 atom stereocenters. The van der Waals surface area contributed by atoms with Crippen molar-refractivity contribution in [2.75, 3.05) is 0 Å². The molecule has 1 aromatic carbocycles. The molecule has 1 aromatic heterocycles. The summed E-state index contributed by atoms with van der Waals surface area (Å²) in [7, 11) is 0. The topological polar surface area (TPSA) is 84.2 Å². The van der Waals surface area contributed by atoms with E-state index in [9.17, 15) is 41.0 Å². The van der Waals surface area contributed by atoms with Gasteiger partial charge in [0.15, 0.2) is 11.4 Å². The first kappa shape index (κ1) is 25.6. The molecule has 1 fully saturated rings. The van der Waals surface area contributed by atoms with Gasteiger partial charge in [-0.1, -0.05) is 38.0 Å². The number of rotatable bonds is 6. The summed E-state index contributed by atoms with van der Waals surface area (Å²) in [5.41, 5.74) is -3.45. The summed E-state index contributed by atoms with van der Waals surface area (Å²) in [6, 6.07) is 2.60. The molecule has 1 aliphatic carbocycles. The highest BCUT2D eigenvalue weighted by Gasteiger charge is 2.41. The molecule has 2 aromatic rings. The van der Waals surface area contributed by atoms with Crippen LogP contribution in [-0.2, 0) is 18.1 Å². The standard InChI is InChI=1S/C22H23F6N3O3/c1-2-16(22(26,27)28)29-19(34)17-18(33)15(32)11-31(30-17)12-20(8-3-4-9-20)13-6-5-7-14(10-13)21(23,24)25/h5-7,10-11,16,32H,2-4,8-9,12H2,1H3,(H,29,34). The van der Waals surface area contributed by atoms with E-state index in [1.807, 2.05) is 0 Å². The Bertz CT molecular complexity index is 1100. The number of hydrogen-bond donors (Lipinski definition) is 2. The van der Waals surface area contributed by atoms with Gasteiger partial charge in [-0.2, -0.15) is 31.4 Å². The zero-order chi connectivity index (χ0) is 25.3. The van der Waals surface area contributed by atoms with E-state index in [4.69, 9.17) is 0 Å². The smallest absolute Gasteiger partial charge is 0.416 e. The molecule has 1 heterocycles. The highest BCUT2D eigenvalue weighted by atomic mass is 19.4. The Hall–Kier alpha value is -3.05. The molecule has 0 saturated heterocycles. The molecular weight excluding hydrogens is 468 g/mol. The Kier molecular flexibility index (Phi) is 6.99. The summed E-state index contributed by atoms with van der Waals surface area (Å²) in [6.07, 6.45) is -6.48. The number of carbonyl (C=O) groups is 1. The molecule has 0 spiro atoms. The Morgan fingerprint density at radius 1 is 1.21 bits per heavy atom. The van der Waals surface area contributed by atoms with Crippen molar-refractivity contribution in [3.8, 4) is 5.75 Å². The van der Waals surface area contributed by atoms with Crippen molar-refractivity contribution < 1.29 is 36.2 Å². The third-order valence-corrected chi connectivity index (χ3v) is 6.10. The van der Waals surface area contributed by atoms with Gasteiger partial charge in [-0.15, -0.1) is 0 Å². The summed E-state index contributed by atoms with van der Waals surface area (Å²) in [5, 5.41) is 15.6. The first-order valence-corrected chi connectivity index (χ1v) is 10.6. The fraction of sp³-hybridized carbons (Fsp3) is 0.500. The van der Waals surface area contributed by atoms with E-state index < -0.39 is 58.6 Å². The summed E-state index contributed by atoms with van der Waals surface area (Å²) in [4.78, 5) is 24.6. The largest absolute Gasteiger partial charge is 0.503 e. The van der Waals surface area contributed by atoms with Gasteiger partial charge >= 0.3 is 12.4 Å². The average Bonchev–Trinajstić information content (AvgIpc) is 3.22. The lowest BCUT2D eigenvalue weighted by Crippen LogP contribution is -2.46. The Morgan fingerprint density at radius 2 is 1.85 bits per heavy atom. The van der Waals surface area contributed by atoms with E-state index in [1.54, 1.807) is 11.4 Å². The van der Waals surface area contributed by atoms with Crippen LogP contribution in [0.15, 0.2) is 35.3 Å². The number of aromatic nitrogens is 2. The fourth-order valence-electron chi connectivity index (χ4n) is 4.32. The SMILES string of the molecule is CCC(NC(=O)c1nn(CC2(c3cccc(C(F)(F)F)c3)CCCC2)cc(O)c1=O)C(F)(F)F. The van der Waals surface area contributed by atoms with Crippen LogP contribution in [0.4, 0.5) is 26.3 Å². The molecule has 0 radical (unpaired) electrons. The van der Waals surface area contributed by atoms with Gasteiger partial charge in [-0.3, -0.25) is 14.3 Å². The normalized spacial score (nSPS) is 16.9. The highest BCUT2D eigenvalue weighted by Crippen LogP contribution is 2.44. The fourth-order valence-corrected chi connectivity index (χ4v) is 4.32. The van der Waals surface area contributed by atoms with Gasteiger partial charge in [0.1, 0.15) is 6.04 Å². The lowest BCUT2D eigenvalue weighted by molar-refractivity contribution is -0.153. The minimum Gasteiger partial charge on any atom is -0.503 e. The first-order chi connectivity index (χ1) is 15.8. The molecule has 34 heavy (non-hydrogen) atoms. The van der Waals surface area contributed by atoms with Crippen LogP contribution >= 0.6 is 0 Å². The zero-order valence-electron chi connectivity index (χ0n) is 18.1. The maximum Gasteiger partial charge on any atom is 0.416 e. The Morgan fingerprint density at radius 3 is 2.41 bits per heavy atom. The van der Waals surface area contributed by atoms with Crippen molar-refractivity contribution in [1.82, 2.24) is 15.1 Å². The van der Waals surface area contributed by atoms with Crippen molar-refractivity contribution in [2.24, 2.45) is 0 Å². The summed E-state index contributed by atoms with van der Waals surface area (Å²) in [5.74, 6) is -2.31. The molecule has 1 saturated carbocycles. The van der Waals surface area contributed by atoms with Crippen LogP contribution in [0.3, 0.4) is 0 Å². The number of carbonyl (C=O) groups excluding carboxylic acids is 1. The lowest BCUT2D eigenvalue weighted by Gasteiger charge is -2.31. The van der Waals surface area contributed by atoms with Crippen molar-refractivity contribution in [3.63, 3.8) is 0 Å². The van der Waals surface area contributed by atoms with Crippen molar-refractivity contribution >= 4 is 5.91 Å². The Labute approximate surface area is 190 Å². The van der Waals surface area contributed by atoms with Crippen molar-refractivity contribution in [3.05, 3.63) is 57.5 Å². The maximum atomic E-state index is 13.3. The highest BCUT2D eigenvalue weighted by molar-refractivity contribution is 5.92. The maximum absolute atomic E-state index is 13.3. The monoisotopic (exact) mass is 491 g/mol. The summed E-state index contributed by atoms with van der Waals surface area (Å²) < 4.78 is 79.9. The molecular formula is C22H23F6N3O3. The molecule has 2 N–H and O–H groups in total. The summed E-state index contributed by atoms with van der Waals surface area (Å²) in [6.45, 7) is 1.12. The van der Waals surface area contributed by atoms with E-state index in [-0.39, 0.29) is 6.54 Å². The van der Waals surface area contributed by atoms with E-state index in [0.29, 0.717) is 31.2 Å². The molecule has 186 valence electrons. The molecule has 1 aliphatic rings. The quantitative estimate of drug-likeness (QED) is 0.581. The van der Waals surface area contributed by atoms with E-state index in [1.165, 1.54) is 13.0 Å². The van der Waals surface area contributed by atoms with Gasteiger partial charge in [-0.25, -0.2) is 0 Å². The van der Waals surface area contributed by atoms with Crippen LogP contribution in [0, 0.1) is 0 Å². The average molecular weight is 491 g/mol. The number of hydrogen-bond acceptors (Lipinski definition) is 4. The molecule has 6 nitrogen and oxygen atoms in total. The number of nitrogens with zero attached hydrogens (tertiary/aromatic N) is 2. The second-order valence-corrected chi connectivity index (χ2v) is 8.43. The molecule has 0 bridgehead atoms. The van der Waals surface area contributed by atoms with Crippen LogP contribution < -0.4 is 10.7 Å². The molecule has 12 heteroatoms. The Balaban J connectivity index is 1.98. The molecule has 0 aliphatic heterocycles. The van der Waals surface area contributed by atoms with E-state index >= 15 is 0 Å². The van der Waals surface area contributed by atoms with Crippen molar-refractivity contribution in [2.45, 2.75) is 69.4 Å². The summed E-state index contributed by atoms with van der Waals surface area (Å²) >= 11 is 0. The third kappa shape index (κ3) is 5.36. The number of benzene rings is 1. The number of aromatic hydroxyl groups is 1.